The highest BCUT2D eigenvalue weighted by Crippen LogP contribution is 2.27. The molecule has 1 aliphatic carbocycles. The Kier molecular flexibility index (Phi) is 4.87. The van der Waals surface area contributed by atoms with Crippen molar-refractivity contribution in [1.29, 1.82) is 0 Å². The van der Waals surface area contributed by atoms with Crippen LogP contribution < -0.4 is 5.32 Å². The standard InChI is InChI=1S/C14H20ClNO2/c15-13-6-2-4-11(14(13)18)9-16-8-10-3-1-5-12(17)7-10/h2,4,6,10,12,16-18H,1,3,5,7-9H2. The number of halogens is 1. The average Bonchev–Trinajstić information content (AvgIpc) is 2.35. The van der Waals surface area contributed by atoms with E-state index >= 15 is 0 Å². The summed E-state index contributed by atoms with van der Waals surface area (Å²) in [6.07, 6.45) is 3.96. The van der Waals surface area contributed by atoms with Crippen molar-refractivity contribution in [1.82, 2.24) is 5.32 Å². The minimum Gasteiger partial charge on any atom is -0.506 e. The number of hydrogen-bond acceptors (Lipinski definition) is 3. The molecule has 100 valence electrons. The topological polar surface area (TPSA) is 52.5 Å². The van der Waals surface area contributed by atoms with Crippen molar-refractivity contribution in [3.63, 3.8) is 0 Å². The maximum Gasteiger partial charge on any atom is 0.138 e. The van der Waals surface area contributed by atoms with Gasteiger partial charge in [-0.05, 0) is 37.8 Å². The molecule has 1 fully saturated rings. The molecular weight excluding hydrogens is 250 g/mol. The predicted molar refractivity (Wildman–Crippen MR) is 72.8 cm³/mol. The number of para-hydroxylation sites is 1. The summed E-state index contributed by atoms with van der Waals surface area (Å²) in [4.78, 5) is 0. The molecule has 3 N–H and O–H groups in total. The van der Waals surface area contributed by atoms with Gasteiger partial charge in [0.2, 0.25) is 0 Å². The van der Waals surface area contributed by atoms with Gasteiger partial charge in [0, 0.05) is 12.1 Å². The highest BCUT2D eigenvalue weighted by molar-refractivity contribution is 6.32. The summed E-state index contributed by atoms with van der Waals surface area (Å²) < 4.78 is 0. The lowest BCUT2D eigenvalue weighted by Gasteiger charge is -2.26. The van der Waals surface area contributed by atoms with Crippen LogP contribution in [0.1, 0.15) is 31.2 Å². The van der Waals surface area contributed by atoms with Gasteiger partial charge in [-0.1, -0.05) is 30.2 Å². The molecule has 0 heterocycles. The molecule has 0 bridgehead atoms. The Bertz CT molecular complexity index is 397. The van der Waals surface area contributed by atoms with Gasteiger partial charge in [0.05, 0.1) is 11.1 Å². The van der Waals surface area contributed by atoms with Gasteiger partial charge in [-0.3, -0.25) is 0 Å². The number of phenolic OH excluding ortho intramolecular Hbond substituents is 1. The first-order chi connectivity index (χ1) is 8.66. The molecule has 4 heteroatoms. The van der Waals surface area contributed by atoms with E-state index in [-0.39, 0.29) is 11.9 Å². The van der Waals surface area contributed by atoms with E-state index in [4.69, 9.17) is 11.6 Å². The van der Waals surface area contributed by atoms with Crippen molar-refractivity contribution in [2.45, 2.75) is 38.3 Å². The number of aliphatic hydroxyl groups is 1. The van der Waals surface area contributed by atoms with Gasteiger partial charge in [-0.15, -0.1) is 0 Å². The smallest absolute Gasteiger partial charge is 0.138 e. The second kappa shape index (κ2) is 6.41. The molecule has 3 nitrogen and oxygen atoms in total. The number of nitrogens with one attached hydrogen (secondary N) is 1. The summed E-state index contributed by atoms with van der Waals surface area (Å²) in [5.74, 6) is 0.699. The molecule has 18 heavy (non-hydrogen) atoms. The second-order valence-corrected chi connectivity index (χ2v) is 5.47. The van der Waals surface area contributed by atoms with Crippen molar-refractivity contribution in [2.75, 3.05) is 6.54 Å². The van der Waals surface area contributed by atoms with E-state index in [9.17, 15) is 10.2 Å². The first-order valence-electron chi connectivity index (χ1n) is 6.52. The van der Waals surface area contributed by atoms with Gasteiger partial charge in [0.1, 0.15) is 5.75 Å². The van der Waals surface area contributed by atoms with E-state index in [1.165, 1.54) is 6.42 Å². The van der Waals surface area contributed by atoms with Gasteiger partial charge in [-0.2, -0.15) is 0 Å². The first kappa shape index (κ1) is 13.7. The first-order valence-corrected chi connectivity index (χ1v) is 6.89. The number of benzene rings is 1. The van der Waals surface area contributed by atoms with Gasteiger partial charge in [0.25, 0.3) is 0 Å². The van der Waals surface area contributed by atoms with Crippen molar-refractivity contribution in [2.24, 2.45) is 5.92 Å². The van der Waals surface area contributed by atoms with Gasteiger partial charge < -0.3 is 15.5 Å². The van der Waals surface area contributed by atoms with E-state index in [0.717, 1.165) is 31.4 Å². The van der Waals surface area contributed by atoms with Crippen molar-refractivity contribution < 1.29 is 10.2 Å². The fourth-order valence-corrected chi connectivity index (χ4v) is 2.76. The van der Waals surface area contributed by atoms with Crippen molar-refractivity contribution in [3.8, 4) is 5.75 Å². The SMILES string of the molecule is Oc1c(Cl)cccc1CNCC1CCCC(O)C1. The predicted octanol–water partition coefficient (Wildman–Crippen LogP) is 2.69. The molecule has 0 aliphatic heterocycles. The van der Waals surface area contributed by atoms with Crippen LogP contribution in [0.5, 0.6) is 5.75 Å². The molecule has 1 saturated carbocycles. The molecular formula is C14H20ClNO2. The minimum atomic E-state index is -0.134. The van der Waals surface area contributed by atoms with E-state index in [1.807, 2.05) is 12.1 Å². The fourth-order valence-electron chi connectivity index (χ4n) is 2.56. The Balaban J connectivity index is 1.79. The maximum atomic E-state index is 9.76. The fraction of sp³-hybridized carbons (Fsp3) is 0.571. The molecule has 1 aromatic rings. The number of aliphatic hydroxyl groups excluding tert-OH is 1. The second-order valence-electron chi connectivity index (χ2n) is 5.06. The number of hydrogen-bond donors (Lipinski definition) is 3. The lowest BCUT2D eigenvalue weighted by molar-refractivity contribution is 0.101. The maximum absolute atomic E-state index is 9.76. The molecule has 0 radical (unpaired) electrons. The number of rotatable bonds is 4. The molecule has 2 unspecified atom stereocenters. The van der Waals surface area contributed by atoms with Crippen LogP contribution in [0, 0.1) is 5.92 Å². The number of aromatic hydroxyl groups is 1. The highest BCUT2D eigenvalue weighted by Gasteiger charge is 2.19. The summed E-state index contributed by atoms with van der Waals surface area (Å²) in [5.41, 5.74) is 0.818. The number of phenols is 1. The van der Waals surface area contributed by atoms with Crippen LogP contribution in [-0.4, -0.2) is 22.9 Å². The molecule has 2 rings (SSSR count). The largest absolute Gasteiger partial charge is 0.506 e. The molecule has 1 aliphatic rings. The monoisotopic (exact) mass is 269 g/mol. The Labute approximate surface area is 113 Å². The van der Waals surface area contributed by atoms with Gasteiger partial charge in [0.15, 0.2) is 0 Å². The summed E-state index contributed by atoms with van der Waals surface area (Å²) in [5, 5.41) is 23.1. The van der Waals surface area contributed by atoms with Crippen LogP contribution >= 0.6 is 11.6 Å². The third-order valence-corrected chi connectivity index (χ3v) is 3.88. The third-order valence-electron chi connectivity index (χ3n) is 3.57. The lowest BCUT2D eigenvalue weighted by Crippen LogP contribution is -2.28. The summed E-state index contributed by atoms with van der Waals surface area (Å²) in [7, 11) is 0. The zero-order valence-corrected chi connectivity index (χ0v) is 11.2. The van der Waals surface area contributed by atoms with E-state index < -0.39 is 0 Å². The Morgan fingerprint density at radius 2 is 2.17 bits per heavy atom. The summed E-state index contributed by atoms with van der Waals surface area (Å²) >= 11 is 5.85. The molecule has 0 aromatic heterocycles. The highest BCUT2D eigenvalue weighted by atomic mass is 35.5. The zero-order chi connectivity index (χ0) is 13.0. The van der Waals surface area contributed by atoms with E-state index in [0.29, 0.717) is 17.5 Å². The van der Waals surface area contributed by atoms with Crippen LogP contribution in [0.3, 0.4) is 0 Å². The van der Waals surface area contributed by atoms with Gasteiger partial charge >= 0.3 is 0 Å². The van der Waals surface area contributed by atoms with Gasteiger partial charge in [-0.25, -0.2) is 0 Å². The Morgan fingerprint density at radius 3 is 2.94 bits per heavy atom. The third kappa shape index (κ3) is 3.61. The van der Waals surface area contributed by atoms with Crippen LogP contribution in [0.4, 0.5) is 0 Å². The average molecular weight is 270 g/mol. The molecule has 0 spiro atoms. The van der Waals surface area contributed by atoms with Crippen LogP contribution in [-0.2, 0) is 6.54 Å². The van der Waals surface area contributed by atoms with E-state index in [2.05, 4.69) is 5.32 Å². The summed E-state index contributed by atoms with van der Waals surface area (Å²) in [6, 6.07) is 5.38. The minimum absolute atomic E-state index is 0.134. The van der Waals surface area contributed by atoms with Crippen molar-refractivity contribution in [3.05, 3.63) is 28.8 Å². The Hall–Kier alpha value is -0.770. The summed E-state index contributed by atoms with van der Waals surface area (Å²) in [6.45, 7) is 1.49. The quantitative estimate of drug-likeness (QED) is 0.788. The normalized spacial score (nSPS) is 24.1. The molecule has 1 aromatic carbocycles. The lowest BCUT2D eigenvalue weighted by atomic mass is 9.87. The van der Waals surface area contributed by atoms with E-state index in [1.54, 1.807) is 6.07 Å². The molecule has 0 amide bonds. The molecule has 0 saturated heterocycles. The Morgan fingerprint density at radius 1 is 1.33 bits per heavy atom. The van der Waals surface area contributed by atoms with Crippen molar-refractivity contribution >= 4 is 11.6 Å². The van der Waals surface area contributed by atoms with Crippen LogP contribution in [0.2, 0.25) is 5.02 Å². The van der Waals surface area contributed by atoms with Crippen LogP contribution in [0.25, 0.3) is 0 Å². The zero-order valence-electron chi connectivity index (χ0n) is 10.4. The van der Waals surface area contributed by atoms with Crippen LogP contribution in [0.15, 0.2) is 18.2 Å². The molecule has 2 atom stereocenters.